The van der Waals surface area contributed by atoms with Gasteiger partial charge in [0.05, 0.1) is 6.10 Å². The van der Waals surface area contributed by atoms with Gasteiger partial charge in [0.2, 0.25) is 0 Å². The molecule has 0 aromatic carbocycles. The smallest absolute Gasteiger partial charge is 0.0891 e. The molecule has 1 unspecified atom stereocenters. The average Bonchev–Trinajstić information content (AvgIpc) is 2.66. The van der Waals surface area contributed by atoms with E-state index in [-0.39, 0.29) is 11.5 Å². The zero-order chi connectivity index (χ0) is 12.2. The maximum atomic E-state index is 9.97. The molecule has 0 radical (unpaired) electrons. The molecule has 1 N–H and O–H groups in total. The summed E-state index contributed by atoms with van der Waals surface area (Å²) in [5.74, 6) is 5.83. The van der Waals surface area contributed by atoms with Gasteiger partial charge in [0.1, 0.15) is 0 Å². The quantitative estimate of drug-likeness (QED) is 0.790. The minimum absolute atomic E-state index is 0.172. The van der Waals surface area contributed by atoms with E-state index in [1.807, 2.05) is 13.0 Å². The zero-order valence-corrected chi connectivity index (χ0v) is 11.3. The monoisotopic (exact) mass is 236 g/mol. The fraction of sp³-hybridized carbons (Fsp3) is 0.571. The lowest BCUT2D eigenvalue weighted by Crippen LogP contribution is -2.07. The van der Waals surface area contributed by atoms with Crippen LogP contribution in [0.1, 0.15) is 56.4 Å². The Morgan fingerprint density at radius 1 is 1.38 bits per heavy atom. The van der Waals surface area contributed by atoms with Crippen LogP contribution in [0.5, 0.6) is 0 Å². The van der Waals surface area contributed by atoms with E-state index in [2.05, 4.69) is 38.7 Å². The fourth-order valence-corrected chi connectivity index (χ4v) is 2.50. The highest BCUT2D eigenvalue weighted by atomic mass is 32.1. The SMILES string of the molecule is CC#CCCC(O)c1ccc(C(C)(C)C)s1. The molecule has 2 heteroatoms. The number of thiophene rings is 1. The minimum Gasteiger partial charge on any atom is -0.388 e. The number of aliphatic hydroxyl groups is 1. The first-order valence-electron chi connectivity index (χ1n) is 5.63. The Balaban J connectivity index is 2.65. The third kappa shape index (κ3) is 3.66. The lowest BCUT2D eigenvalue weighted by molar-refractivity contribution is 0.173. The van der Waals surface area contributed by atoms with Crippen molar-refractivity contribution in [2.75, 3.05) is 0 Å². The van der Waals surface area contributed by atoms with Crippen molar-refractivity contribution >= 4 is 11.3 Å². The Hall–Kier alpha value is -0.780. The highest BCUT2D eigenvalue weighted by Gasteiger charge is 2.18. The molecule has 0 aliphatic heterocycles. The molecule has 0 amide bonds. The normalized spacial score (nSPS) is 13.1. The van der Waals surface area contributed by atoms with E-state index in [1.165, 1.54) is 4.88 Å². The summed E-state index contributed by atoms with van der Waals surface area (Å²) < 4.78 is 0. The van der Waals surface area contributed by atoms with E-state index in [0.29, 0.717) is 0 Å². The van der Waals surface area contributed by atoms with Gasteiger partial charge in [0.15, 0.2) is 0 Å². The van der Waals surface area contributed by atoms with Gasteiger partial charge in [-0.2, -0.15) is 0 Å². The summed E-state index contributed by atoms with van der Waals surface area (Å²) in [6, 6.07) is 4.16. The molecule has 1 nitrogen and oxygen atoms in total. The molecule has 16 heavy (non-hydrogen) atoms. The van der Waals surface area contributed by atoms with Crippen molar-refractivity contribution in [3.05, 3.63) is 21.9 Å². The first-order chi connectivity index (χ1) is 7.45. The van der Waals surface area contributed by atoms with Gasteiger partial charge < -0.3 is 5.11 Å². The van der Waals surface area contributed by atoms with Gasteiger partial charge in [-0.05, 0) is 30.9 Å². The van der Waals surface area contributed by atoms with Crippen LogP contribution in [0.25, 0.3) is 0 Å². The molecule has 0 saturated carbocycles. The second kappa shape index (κ2) is 5.52. The second-order valence-electron chi connectivity index (χ2n) is 4.93. The van der Waals surface area contributed by atoms with Crippen LogP contribution in [0, 0.1) is 11.8 Å². The van der Waals surface area contributed by atoms with Crippen LogP contribution in [0.2, 0.25) is 0 Å². The number of hydrogen-bond acceptors (Lipinski definition) is 2. The van der Waals surface area contributed by atoms with Crippen molar-refractivity contribution in [2.45, 2.75) is 52.1 Å². The summed E-state index contributed by atoms with van der Waals surface area (Å²) in [5, 5.41) is 9.97. The molecule has 1 heterocycles. The van der Waals surface area contributed by atoms with E-state index in [1.54, 1.807) is 11.3 Å². The molecular formula is C14H20OS. The molecule has 0 spiro atoms. The van der Waals surface area contributed by atoms with Crippen LogP contribution in [-0.4, -0.2) is 5.11 Å². The van der Waals surface area contributed by atoms with E-state index in [9.17, 15) is 5.11 Å². The molecule has 0 aliphatic rings. The lowest BCUT2D eigenvalue weighted by Gasteiger charge is -2.15. The third-order valence-electron chi connectivity index (χ3n) is 2.41. The average molecular weight is 236 g/mol. The maximum Gasteiger partial charge on any atom is 0.0891 e. The lowest BCUT2D eigenvalue weighted by atomic mass is 9.95. The molecular weight excluding hydrogens is 216 g/mol. The summed E-state index contributed by atoms with van der Waals surface area (Å²) >= 11 is 1.71. The van der Waals surface area contributed by atoms with Gasteiger partial charge in [-0.1, -0.05) is 20.8 Å². The van der Waals surface area contributed by atoms with Gasteiger partial charge >= 0.3 is 0 Å². The molecule has 1 aromatic heterocycles. The Bertz CT molecular complexity index is 387. The number of aliphatic hydroxyl groups excluding tert-OH is 1. The molecule has 1 aromatic rings. The van der Waals surface area contributed by atoms with Crippen molar-refractivity contribution in [1.82, 2.24) is 0 Å². The zero-order valence-electron chi connectivity index (χ0n) is 10.5. The Labute approximate surface area is 103 Å². The van der Waals surface area contributed by atoms with Crippen molar-refractivity contribution in [3.8, 4) is 11.8 Å². The molecule has 0 fully saturated rings. The summed E-state index contributed by atoms with van der Waals surface area (Å²) in [6.07, 6.45) is 1.13. The predicted molar refractivity (Wildman–Crippen MR) is 70.7 cm³/mol. The van der Waals surface area contributed by atoms with Crippen LogP contribution < -0.4 is 0 Å². The first-order valence-corrected chi connectivity index (χ1v) is 6.44. The van der Waals surface area contributed by atoms with Crippen LogP contribution in [0.3, 0.4) is 0 Å². The summed E-state index contributed by atoms with van der Waals surface area (Å²) in [6.45, 7) is 8.40. The topological polar surface area (TPSA) is 20.2 Å². The van der Waals surface area contributed by atoms with E-state index in [0.717, 1.165) is 17.7 Å². The van der Waals surface area contributed by atoms with Crippen LogP contribution in [0.4, 0.5) is 0 Å². The van der Waals surface area contributed by atoms with Crippen molar-refractivity contribution in [2.24, 2.45) is 0 Å². The van der Waals surface area contributed by atoms with Crippen molar-refractivity contribution in [3.63, 3.8) is 0 Å². The summed E-state index contributed by atoms with van der Waals surface area (Å²) in [5.41, 5.74) is 0.172. The van der Waals surface area contributed by atoms with Gasteiger partial charge in [0, 0.05) is 16.2 Å². The highest BCUT2D eigenvalue weighted by Crippen LogP contribution is 2.33. The van der Waals surface area contributed by atoms with Crippen molar-refractivity contribution in [1.29, 1.82) is 0 Å². The summed E-state index contributed by atoms with van der Waals surface area (Å²) in [7, 11) is 0. The second-order valence-corrected chi connectivity index (χ2v) is 6.05. The molecule has 1 atom stereocenters. The molecule has 0 saturated heterocycles. The summed E-state index contributed by atoms with van der Waals surface area (Å²) in [4.78, 5) is 2.38. The van der Waals surface area contributed by atoms with Gasteiger partial charge in [-0.3, -0.25) is 0 Å². The fourth-order valence-electron chi connectivity index (χ4n) is 1.41. The Morgan fingerprint density at radius 3 is 2.56 bits per heavy atom. The van der Waals surface area contributed by atoms with Gasteiger partial charge in [-0.25, -0.2) is 0 Å². The largest absolute Gasteiger partial charge is 0.388 e. The Kier molecular flexibility index (Phi) is 4.58. The molecule has 0 bridgehead atoms. The van der Waals surface area contributed by atoms with Crippen LogP contribution in [0.15, 0.2) is 12.1 Å². The van der Waals surface area contributed by atoms with Crippen LogP contribution >= 0.6 is 11.3 Å². The maximum absolute atomic E-state index is 9.97. The van der Waals surface area contributed by atoms with Crippen LogP contribution in [-0.2, 0) is 5.41 Å². The number of rotatable bonds is 3. The van der Waals surface area contributed by atoms with E-state index >= 15 is 0 Å². The first kappa shape index (κ1) is 13.3. The highest BCUT2D eigenvalue weighted by molar-refractivity contribution is 7.12. The van der Waals surface area contributed by atoms with Gasteiger partial charge in [-0.15, -0.1) is 23.2 Å². The van der Waals surface area contributed by atoms with E-state index in [4.69, 9.17) is 0 Å². The number of hydrogen-bond donors (Lipinski definition) is 1. The molecule has 1 rings (SSSR count). The Morgan fingerprint density at radius 2 is 2.06 bits per heavy atom. The predicted octanol–water partition coefficient (Wildman–Crippen LogP) is 3.88. The third-order valence-corrected chi connectivity index (χ3v) is 4.03. The van der Waals surface area contributed by atoms with E-state index < -0.39 is 0 Å². The standard InChI is InChI=1S/C14H20OS/c1-5-6-7-8-11(15)12-9-10-13(16-12)14(2,3)4/h9-11,15H,7-8H2,1-4H3. The molecule has 0 aliphatic carbocycles. The molecule has 88 valence electrons. The van der Waals surface area contributed by atoms with Gasteiger partial charge in [0.25, 0.3) is 0 Å². The minimum atomic E-state index is -0.359. The van der Waals surface area contributed by atoms with Crippen molar-refractivity contribution < 1.29 is 5.11 Å².